The van der Waals surface area contributed by atoms with E-state index in [1.807, 2.05) is 5.38 Å². The molecule has 110 valence electrons. The topological polar surface area (TPSA) is 45.2 Å². The van der Waals surface area contributed by atoms with Gasteiger partial charge in [-0.2, -0.15) is 0 Å². The first kappa shape index (κ1) is 13.9. The van der Waals surface area contributed by atoms with Crippen molar-refractivity contribution >= 4 is 22.4 Å². The zero-order valence-corrected chi connectivity index (χ0v) is 12.8. The molecule has 1 saturated heterocycles. The number of rotatable bonds is 3. The Bertz CT molecular complexity index is 448. The summed E-state index contributed by atoms with van der Waals surface area (Å²) in [4.78, 5) is 19.1. The maximum absolute atomic E-state index is 12.2. The Labute approximate surface area is 124 Å². The summed E-state index contributed by atoms with van der Waals surface area (Å²) in [5.74, 6) is 0.0106. The van der Waals surface area contributed by atoms with Gasteiger partial charge in [0.05, 0.1) is 0 Å². The van der Waals surface area contributed by atoms with Crippen LogP contribution >= 0.6 is 11.3 Å². The molecular weight excluding hydrogens is 270 g/mol. The van der Waals surface area contributed by atoms with Crippen molar-refractivity contribution in [2.45, 2.75) is 57.4 Å². The zero-order chi connectivity index (χ0) is 13.8. The molecule has 1 aliphatic carbocycles. The number of hydrogen-bond acceptors (Lipinski definition) is 4. The molecule has 0 radical (unpaired) electrons. The molecule has 0 unspecified atom stereocenters. The summed E-state index contributed by atoms with van der Waals surface area (Å²) in [5.41, 5.74) is 0.598. The number of carbonyl (C=O) groups excluding carboxylic acids is 1. The number of nitrogens with zero attached hydrogens (tertiary/aromatic N) is 2. The Morgan fingerprint density at radius 3 is 2.60 bits per heavy atom. The molecule has 0 spiro atoms. The van der Waals surface area contributed by atoms with E-state index >= 15 is 0 Å². The highest BCUT2D eigenvalue weighted by Gasteiger charge is 2.20. The van der Waals surface area contributed by atoms with Gasteiger partial charge in [-0.05, 0) is 32.1 Å². The average molecular weight is 293 g/mol. The molecular formula is C15H23N3OS. The summed E-state index contributed by atoms with van der Waals surface area (Å²) >= 11 is 1.60. The summed E-state index contributed by atoms with van der Waals surface area (Å²) in [6.07, 6.45) is 9.82. The molecule has 1 N–H and O–H groups in total. The lowest BCUT2D eigenvalue weighted by molar-refractivity contribution is 0.0923. The van der Waals surface area contributed by atoms with Gasteiger partial charge in [0.1, 0.15) is 5.69 Å². The van der Waals surface area contributed by atoms with Gasteiger partial charge in [0.25, 0.3) is 5.91 Å². The van der Waals surface area contributed by atoms with Crippen LogP contribution in [0.25, 0.3) is 0 Å². The minimum atomic E-state index is 0.0106. The van der Waals surface area contributed by atoms with Crippen LogP contribution in [0.15, 0.2) is 5.38 Å². The highest BCUT2D eigenvalue weighted by molar-refractivity contribution is 7.13. The molecule has 0 bridgehead atoms. The van der Waals surface area contributed by atoms with Crippen molar-refractivity contribution in [1.82, 2.24) is 10.3 Å². The summed E-state index contributed by atoms with van der Waals surface area (Å²) in [5, 5.41) is 6.06. The van der Waals surface area contributed by atoms with Gasteiger partial charge >= 0.3 is 0 Å². The predicted molar refractivity (Wildman–Crippen MR) is 82.5 cm³/mol. The van der Waals surface area contributed by atoms with E-state index in [0.29, 0.717) is 11.7 Å². The van der Waals surface area contributed by atoms with E-state index in [1.165, 1.54) is 38.5 Å². The minimum Gasteiger partial charge on any atom is -0.348 e. The van der Waals surface area contributed by atoms with E-state index in [1.54, 1.807) is 11.3 Å². The fourth-order valence-electron chi connectivity index (χ4n) is 3.11. The molecule has 2 aliphatic rings. The van der Waals surface area contributed by atoms with E-state index in [4.69, 9.17) is 0 Å². The second kappa shape index (κ2) is 6.57. The van der Waals surface area contributed by atoms with Gasteiger partial charge in [-0.25, -0.2) is 4.98 Å². The first-order valence-electron chi connectivity index (χ1n) is 7.84. The van der Waals surface area contributed by atoms with Crippen LogP contribution in [0.3, 0.4) is 0 Å². The highest BCUT2D eigenvalue weighted by Crippen LogP contribution is 2.24. The van der Waals surface area contributed by atoms with Crippen LogP contribution in [0, 0.1) is 0 Å². The molecule has 1 aromatic heterocycles. The van der Waals surface area contributed by atoms with Crippen LogP contribution in [-0.2, 0) is 0 Å². The Hall–Kier alpha value is -1.10. The first-order chi connectivity index (χ1) is 9.83. The van der Waals surface area contributed by atoms with Crippen molar-refractivity contribution in [3.63, 3.8) is 0 Å². The standard InChI is InChI=1S/C15H23N3OS/c19-14(16-12-7-3-1-4-8-12)13-11-20-15(17-13)18-9-5-2-6-10-18/h11-12H,1-10H2,(H,16,19). The Balaban J connectivity index is 1.58. The Morgan fingerprint density at radius 2 is 1.85 bits per heavy atom. The van der Waals surface area contributed by atoms with Gasteiger partial charge in [-0.15, -0.1) is 11.3 Å². The van der Waals surface area contributed by atoms with Crippen LogP contribution in [0.2, 0.25) is 0 Å². The minimum absolute atomic E-state index is 0.0106. The molecule has 4 nitrogen and oxygen atoms in total. The lowest BCUT2D eigenvalue weighted by atomic mass is 9.95. The van der Waals surface area contributed by atoms with E-state index in [2.05, 4.69) is 15.2 Å². The number of aromatic nitrogens is 1. The average Bonchev–Trinajstić information content (AvgIpc) is 2.99. The highest BCUT2D eigenvalue weighted by atomic mass is 32.1. The van der Waals surface area contributed by atoms with Crippen molar-refractivity contribution in [3.8, 4) is 0 Å². The fraction of sp³-hybridized carbons (Fsp3) is 0.733. The van der Waals surface area contributed by atoms with E-state index in [-0.39, 0.29) is 5.91 Å². The van der Waals surface area contributed by atoms with E-state index in [9.17, 15) is 4.79 Å². The van der Waals surface area contributed by atoms with Gasteiger partial charge in [0, 0.05) is 24.5 Å². The molecule has 0 atom stereocenters. The SMILES string of the molecule is O=C(NC1CCCCC1)c1csc(N2CCCCC2)n1. The van der Waals surface area contributed by atoms with Crippen molar-refractivity contribution in [1.29, 1.82) is 0 Å². The Morgan fingerprint density at radius 1 is 1.15 bits per heavy atom. The van der Waals surface area contributed by atoms with Gasteiger partial charge in [0.2, 0.25) is 0 Å². The van der Waals surface area contributed by atoms with Crippen LogP contribution in [0.1, 0.15) is 61.9 Å². The number of nitrogens with one attached hydrogen (secondary N) is 1. The van der Waals surface area contributed by atoms with Crippen molar-refractivity contribution < 1.29 is 4.79 Å². The number of thiazole rings is 1. The largest absolute Gasteiger partial charge is 0.348 e. The molecule has 20 heavy (non-hydrogen) atoms. The molecule has 3 rings (SSSR count). The van der Waals surface area contributed by atoms with E-state index < -0.39 is 0 Å². The maximum Gasteiger partial charge on any atom is 0.271 e. The molecule has 1 amide bonds. The number of amides is 1. The monoisotopic (exact) mass is 293 g/mol. The first-order valence-corrected chi connectivity index (χ1v) is 8.72. The van der Waals surface area contributed by atoms with E-state index in [0.717, 1.165) is 31.1 Å². The molecule has 0 aromatic carbocycles. The Kier molecular flexibility index (Phi) is 4.55. The summed E-state index contributed by atoms with van der Waals surface area (Å²) in [6, 6.07) is 0.358. The van der Waals surface area contributed by atoms with Gasteiger partial charge in [-0.3, -0.25) is 4.79 Å². The van der Waals surface area contributed by atoms with Gasteiger partial charge < -0.3 is 10.2 Å². The number of carbonyl (C=O) groups is 1. The third-order valence-electron chi connectivity index (χ3n) is 4.29. The van der Waals surface area contributed by atoms with Crippen LogP contribution < -0.4 is 10.2 Å². The number of piperidine rings is 1. The van der Waals surface area contributed by atoms with Crippen molar-refractivity contribution in [2.24, 2.45) is 0 Å². The van der Waals surface area contributed by atoms with Crippen molar-refractivity contribution in [3.05, 3.63) is 11.1 Å². The fourth-order valence-corrected chi connectivity index (χ4v) is 3.96. The molecule has 5 heteroatoms. The second-order valence-electron chi connectivity index (χ2n) is 5.87. The number of anilines is 1. The van der Waals surface area contributed by atoms with Crippen LogP contribution in [0.5, 0.6) is 0 Å². The van der Waals surface area contributed by atoms with Gasteiger partial charge in [0.15, 0.2) is 5.13 Å². The van der Waals surface area contributed by atoms with Crippen LogP contribution in [0.4, 0.5) is 5.13 Å². The summed E-state index contributed by atoms with van der Waals surface area (Å²) in [6.45, 7) is 2.16. The van der Waals surface area contributed by atoms with Gasteiger partial charge in [-0.1, -0.05) is 19.3 Å². The third kappa shape index (κ3) is 3.32. The lowest BCUT2D eigenvalue weighted by Crippen LogP contribution is -2.36. The molecule has 1 saturated carbocycles. The lowest BCUT2D eigenvalue weighted by Gasteiger charge is -2.25. The molecule has 2 fully saturated rings. The quantitative estimate of drug-likeness (QED) is 0.931. The summed E-state index contributed by atoms with van der Waals surface area (Å²) in [7, 11) is 0. The smallest absolute Gasteiger partial charge is 0.271 e. The predicted octanol–water partition coefficient (Wildman–Crippen LogP) is 3.20. The molecule has 1 aliphatic heterocycles. The van der Waals surface area contributed by atoms with Crippen molar-refractivity contribution in [2.75, 3.05) is 18.0 Å². The summed E-state index contributed by atoms with van der Waals surface area (Å²) < 4.78 is 0. The number of hydrogen-bond donors (Lipinski definition) is 1. The normalized spacial score (nSPS) is 20.9. The van der Waals surface area contributed by atoms with Crippen LogP contribution in [-0.4, -0.2) is 30.0 Å². The molecule has 1 aromatic rings. The molecule has 2 heterocycles. The third-order valence-corrected chi connectivity index (χ3v) is 5.19. The maximum atomic E-state index is 12.2. The zero-order valence-electron chi connectivity index (χ0n) is 11.9. The second-order valence-corrected chi connectivity index (χ2v) is 6.71.